The molecule has 0 heterocycles. The first kappa shape index (κ1) is 77.2. The van der Waals surface area contributed by atoms with Gasteiger partial charge in [0, 0.05) is 12.8 Å². The van der Waals surface area contributed by atoms with E-state index in [0.29, 0.717) is 17.4 Å². The molecule has 0 fully saturated rings. The lowest BCUT2D eigenvalue weighted by atomic mass is 10.0. The number of phosphoric ester groups is 1. The number of carbonyl (C=O) groups is 2. The van der Waals surface area contributed by atoms with Crippen LogP contribution in [0, 0.1) is 0 Å². The van der Waals surface area contributed by atoms with E-state index in [-0.39, 0.29) is 32.0 Å². The molecule has 2 atom stereocenters. The number of unbranched alkanes of at least 4 members (excludes halogenated alkanes) is 22. The van der Waals surface area contributed by atoms with Gasteiger partial charge in [-0.25, -0.2) is 0 Å². The average Bonchev–Trinajstić information content (AvgIpc) is 3.43. The molecule has 0 aliphatic heterocycles. The molecule has 0 saturated carbocycles. The number of phosphoric acid groups is 1. The molecule has 9 nitrogen and oxygen atoms in total. The lowest BCUT2D eigenvalue weighted by Gasteiger charge is -2.28. The van der Waals surface area contributed by atoms with Gasteiger partial charge in [-0.05, 0) is 96.3 Å². The van der Waals surface area contributed by atoms with Crippen molar-refractivity contribution in [3.63, 3.8) is 0 Å². The molecular weight excluding hydrogens is 1030 g/mol. The van der Waals surface area contributed by atoms with E-state index >= 15 is 0 Å². The summed E-state index contributed by atoms with van der Waals surface area (Å²) in [6.07, 6.45) is 88.0. The maximum atomic E-state index is 12.8. The van der Waals surface area contributed by atoms with Crippen LogP contribution in [0.2, 0.25) is 0 Å². The quantitative estimate of drug-likeness (QED) is 0.0195. The third-order valence-electron chi connectivity index (χ3n) is 13.4. The van der Waals surface area contributed by atoms with Crippen LogP contribution in [0.25, 0.3) is 0 Å². The summed E-state index contributed by atoms with van der Waals surface area (Å²) in [5.74, 6) is -0.847. The fourth-order valence-corrected chi connectivity index (χ4v) is 9.21. The Balaban J connectivity index is 4.12. The number of carbonyl (C=O) groups excluding carboxylic acids is 2. The van der Waals surface area contributed by atoms with E-state index in [9.17, 15) is 19.0 Å². The van der Waals surface area contributed by atoms with Gasteiger partial charge in [0.1, 0.15) is 19.8 Å². The summed E-state index contributed by atoms with van der Waals surface area (Å²) in [6, 6.07) is 0. The second-order valence-corrected chi connectivity index (χ2v) is 23.8. The van der Waals surface area contributed by atoms with Crippen LogP contribution in [0.1, 0.15) is 251 Å². The fraction of sp³-hybridized carbons (Fsp3) is 0.662. The SMILES string of the molecule is CC/C=C\C/C=C\C/C=C\C/C=C\C/C=C\C/C=C\C/C=C\C/C=C\C/C=C\C/C=C\C/C=C\CCCCCCCCCC(=O)OC(COC(=O)CCCCCCCCCCCCCCCCCC)COP(=O)([O-])OCC[N+](C)(C)C. The van der Waals surface area contributed by atoms with E-state index in [4.69, 9.17) is 18.5 Å². The monoisotopic (exact) mass is 1150 g/mol. The van der Waals surface area contributed by atoms with Crippen LogP contribution in [0.4, 0.5) is 0 Å². The molecule has 0 aliphatic carbocycles. The Kier molecular flexibility index (Phi) is 57.8. The van der Waals surface area contributed by atoms with Gasteiger partial charge in [-0.1, -0.05) is 276 Å². The molecule has 0 spiro atoms. The number of ether oxygens (including phenoxy) is 2. The molecule has 0 aromatic heterocycles. The Hall–Kier alpha value is -3.85. The molecule has 0 rings (SSSR count). The Morgan fingerprint density at radius 1 is 0.395 bits per heavy atom. The molecule has 0 radical (unpaired) electrons. The number of rotatable bonds is 58. The van der Waals surface area contributed by atoms with Crippen molar-refractivity contribution in [1.82, 2.24) is 0 Å². The number of quaternary nitrogens is 1. The maximum absolute atomic E-state index is 12.8. The van der Waals surface area contributed by atoms with E-state index < -0.39 is 26.5 Å². The second kappa shape index (κ2) is 60.7. The van der Waals surface area contributed by atoms with E-state index in [1.54, 1.807) is 0 Å². The van der Waals surface area contributed by atoms with Crippen LogP contribution in [-0.2, 0) is 32.7 Å². The highest BCUT2D eigenvalue weighted by molar-refractivity contribution is 7.45. The Labute approximate surface area is 498 Å². The first-order valence-corrected chi connectivity index (χ1v) is 33.9. The lowest BCUT2D eigenvalue weighted by Crippen LogP contribution is -2.37. The number of nitrogens with zero attached hydrogens (tertiary/aromatic N) is 1. The van der Waals surface area contributed by atoms with Crippen LogP contribution < -0.4 is 4.89 Å². The minimum absolute atomic E-state index is 0.0379. The molecule has 0 bridgehead atoms. The van der Waals surface area contributed by atoms with Gasteiger partial charge in [-0.2, -0.15) is 0 Å². The molecule has 0 saturated heterocycles. The van der Waals surface area contributed by atoms with Gasteiger partial charge in [0.05, 0.1) is 27.7 Å². The summed E-state index contributed by atoms with van der Waals surface area (Å²) in [5, 5.41) is 0. The standard InChI is InChI=1S/C71H120NO8P/c1-6-8-10-12-14-16-18-20-22-24-25-26-27-28-29-30-31-32-33-34-35-36-37-38-39-40-41-42-43-44-45-46-47-48-50-52-54-56-58-60-62-64-71(74)80-69(68-79-81(75,76)78-66-65-72(3,4)5)67-77-70(73)63-61-59-57-55-53-51-49-23-21-19-17-15-13-11-9-7-2/h8,10,14,16,20,22,25-26,28-29,31-32,34-35,37-38,40-41,43-44,46-47,69H,6-7,9,11-13,15,17-19,21,23-24,27,30,33,36,39,42,45,48-68H2,1-5H3/b10-8-,16-14-,22-20-,26-25-,29-28-,32-31-,35-34-,38-37-,41-40-,44-43-,47-46-. The maximum Gasteiger partial charge on any atom is 0.306 e. The van der Waals surface area contributed by atoms with Crippen molar-refractivity contribution in [2.75, 3.05) is 47.5 Å². The third kappa shape index (κ3) is 65.2. The second-order valence-electron chi connectivity index (χ2n) is 22.4. The first-order chi connectivity index (χ1) is 39.5. The highest BCUT2D eigenvalue weighted by Crippen LogP contribution is 2.38. The molecule has 0 aromatic rings. The highest BCUT2D eigenvalue weighted by atomic mass is 31.2. The van der Waals surface area contributed by atoms with Gasteiger partial charge in [-0.15, -0.1) is 0 Å². The number of esters is 2. The third-order valence-corrected chi connectivity index (χ3v) is 14.4. The van der Waals surface area contributed by atoms with Crippen molar-refractivity contribution in [3.05, 3.63) is 134 Å². The van der Waals surface area contributed by atoms with Crippen molar-refractivity contribution < 1.29 is 42.1 Å². The largest absolute Gasteiger partial charge is 0.756 e. The highest BCUT2D eigenvalue weighted by Gasteiger charge is 2.22. The molecule has 0 amide bonds. The minimum atomic E-state index is -4.65. The van der Waals surface area contributed by atoms with Crippen molar-refractivity contribution in [2.45, 2.75) is 258 Å². The van der Waals surface area contributed by atoms with E-state index in [1.807, 2.05) is 21.1 Å². The van der Waals surface area contributed by atoms with Crippen molar-refractivity contribution >= 4 is 19.8 Å². The summed E-state index contributed by atoms with van der Waals surface area (Å²) >= 11 is 0. The lowest BCUT2D eigenvalue weighted by molar-refractivity contribution is -0.870. The first-order valence-electron chi connectivity index (χ1n) is 32.4. The van der Waals surface area contributed by atoms with Gasteiger partial charge in [0.15, 0.2) is 6.10 Å². The summed E-state index contributed by atoms with van der Waals surface area (Å²) in [6.45, 7) is 4.11. The van der Waals surface area contributed by atoms with Crippen LogP contribution in [0.3, 0.4) is 0 Å². The summed E-state index contributed by atoms with van der Waals surface area (Å²) in [7, 11) is 1.15. The van der Waals surface area contributed by atoms with Crippen LogP contribution in [-0.4, -0.2) is 70.0 Å². The van der Waals surface area contributed by atoms with Crippen LogP contribution in [0.15, 0.2) is 134 Å². The van der Waals surface area contributed by atoms with Crippen molar-refractivity contribution in [1.29, 1.82) is 0 Å². The van der Waals surface area contributed by atoms with Gasteiger partial charge in [-0.3, -0.25) is 14.2 Å². The normalized spacial score (nSPS) is 14.1. The van der Waals surface area contributed by atoms with Gasteiger partial charge < -0.3 is 27.9 Å². The molecular formula is C71H120NO8P. The fourth-order valence-electron chi connectivity index (χ4n) is 8.48. The van der Waals surface area contributed by atoms with Crippen molar-refractivity contribution in [2.24, 2.45) is 0 Å². The minimum Gasteiger partial charge on any atom is -0.756 e. The van der Waals surface area contributed by atoms with E-state index in [1.165, 1.54) is 96.3 Å². The van der Waals surface area contributed by atoms with Gasteiger partial charge >= 0.3 is 11.9 Å². The number of allylic oxidation sites excluding steroid dienone is 22. The predicted molar refractivity (Wildman–Crippen MR) is 346 cm³/mol. The van der Waals surface area contributed by atoms with Crippen LogP contribution >= 0.6 is 7.82 Å². The molecule has 10 heteroatoms. The van der Waals surface area contributed by atoms with E-state index in [0.717, 1.165) is 122 Å². The van der Waals surface area contributed by atoms with Gasteiger partial charge in [0.2, 0.25) is 0 Å². The summed E-state index contributed by atoms with van der Waals surface area (Å²) in [5.41, 5.74) is 0. The zero-order valence-corrected chi connectivity index (χ0v) is 53.3. The van der Waals surface area contributed by atoms with Crippen LogP contribution in [0.5, 0.6) is 0 Å². The zero-order chi connectivity index (χ0) is 59.1. The molecule has 0 aliphatic rings. The van der Waals surface area contributed by atoms with Crippen molar-refractivity contribution in [3.8, 4) is 0 Å². The summed E-state index contributed by atoms with van der Waals surface area (Å²) in [4.78, 5) is 37.9. The number of likely N-dealkylation sites (N-methyl/N-ethyl adjacent to an activating group) is 1. The Bertz CT molecular complexity index is 1830. The molecule has 0 N–H and O–H groups in total. The molecule has 81 heavy (non-hydrogen) atoms. The average molecular weight is 1150 g/mol. The molecule has 2 unspecified atom stereocenters. The zero-order valence-electron chi connectivity index (χ0n) is 52.4. The topological polar surface area (TPSA) is 111 Å². The Morgan fingerprint density at radius 2 is 0.704 bits per heavy atom. The molecule has 0 aromatic carbocycles. The van der Waals surface area contributed by atoms with E-state index in [2.05, 4.69) is 148 Å². The summed E-state index contributed by atoms with van der Waals surface area (Å²) < 4.78 is 34.2. The predicted octanol–water partition coefficient (Wildman–Crippen LogP) is 20.2. The van der Waals surface area contributed by atoms with Gasteiger partial charge in [0.25, 0.3) is 7.82 Å². The molecule has 462 valence electrons. The number of hydrogen-bond donors (Lipinski definition) is 0. The number of hydrogen-bond acceptors (Lipinski definition) is 8. The Morgan fingerprint density at radius 3 is 1.05 bits per heavy atom. The smallest absolute Gasteiger partial charge is 0.306 e.